The molecule has 0 saturated carbocycles. The summed E-state index contributed by atoms with van der Waals surface area (Å²) in [5.41, 5.74) is 10.1. The molecule has 3 aliphatic rings. The van der Waals surface area contributed by atoms with Crippen LogP contribution < -0.4 is 4.74 Å². The Morgan fingerprint density at radius 2 is 1.42 bits per heavy atom. The minimum atomic E-state index is -0.388. The molecule has 1 aliphatic heterocycles. The summed E-state index contributed by atoms with van der Waals surface area (Å²) in [6.45, 7) is 2.27. The van der Waals surface area contributed by atoms with Gasteiger partial charge >= 0.3 is 0 Å². The van der Waals surface area contributed by atoms with E-state index in [2.05, 4.69) is 187 Å². The van der Waals surface area contributed by atoms with Crippen molar-refractivity contribution in [1.82, 2.24) is 4.57 Å². The van der Waals surface area contributed by atoms with E-state index in [1.165, 1.54) is 27.4 Å². The standard InChI is InChI=1S/C49H37NO2/c1-49-30-13-12-25-47(49)52-44-29-27-35(34-26-28-43-39(31-34)38-19-8-10-22-42(38)50(43)36-17-6-3-7-18-36)32-40(44)48-37(33-15-4-2-5-16-33)20-14-24-46(48)51-45-23-11-9-21-41(45)49/h2-29,31,35H,30,32H2,1H3. The number of ether oxygens (including phenoxy) is 2. The van der Waals surface area contributed by atoms with Crippen molar-refractivity contribution in [3.63, 3.8) is 0 Å². The van der Waals surface area contributed by atoms with E-state index in [-0.39, 0.29) is 11.3 Å². The Morgan fingerprint density at radius 1 is 0.673 bits per heavy atom. The number of allylic oxidation sites excluding steroid dienone is 7. The predicted molar refractivity (Wildman–Crippen MR) is 213 cm³/mol. The summed E-state index contributed by atoms with van der Waals surface area (Å²) < 4.78 is 16.6. The number of hydrogen-bond donors (Lipinski definition) is 0. The first-order chi connectivity index (χ1) is 25.7. The molecule has 0 saturated heterocycles. The number of benzene rings is 6. The maximum atomic E-state index is 7.15. The number of aromatic nitrogens is 1. The maximum absolute atomic E-state index is 7.15. The highest BCUT2D eigenvalue weighted by atomic mass is 16.5. The van der Waals surface area contributed by atoms with Gasteiger partial charge in [0, 0.05) is 39.1 Å². The third kappa shape index (κ3) is 4.88. The van der Waals surface area contributed by atoms with E-state index < -0.39 is 0 Å². The number of fused-ring (bicyclic) bond motifs is 8. The van der Waals surface area contributed by atoms with Crippen molar-refractivity contribution in [2.75, 3.05) is 0 Å². The van der Waals surface area contributed by atoms with Gasteiger partial charge in [-0.15, -0.1) is 0 Å². The first-order valence-electron chi connectivity index (χ1n) is 18.2. The van der Waals surface area contributed by atoms with Crippen LogP contribution in [0.2, 0.25) is 0 Å². The third-order valence-corrected chi connectivity index (χ3v) is 11.1. The molecule has 0 amide bonds. The number of rotatable bonds is 3. The average molecular weight is 672 g/mol. The molecule has 2 aliphatic carbocycles. The quantitative estimate of drug-likeness (QED) is 0.187. The summed E-state index contributed by atoms with van der Waals surface area (Å²) in [4.78, 5) is 0. The Labute approximate surface area is 304 Å². The molecule has 2 unspecified atom stereocenters. The van der Waals surface area contributed by atoms with E-state index in [9.17, 15) is 0 Å². The highest BCUT2D eigenvalue weighted by molar-refractivity contribution is 6.09. The van der Waals surface area contributed by atoms with E-state index in [0.717, 1.165) is 69.4 Å². The lowest BCUT2D eigenvalue weighted by atomic mass is 9.74. The molecule has 3 nitrogen and oxygen atoms in total. The summed E-state index contributed by atoms with van der Waals surface area (Å²) in [6, 6.07) is 51.9. The van der Waals surface area contributed by atoms with Crippen LogP contribution in [0.25, 0.3) is 44.2 Å². The number of para-hydroxylation sites is 3. The van der Waals surface area contributed by atoms with Gasteiger partial charge < -0.3 is 14.0 Å². The van der Waals surface area contributed by atoms with Gasteiger partial charge in [0.05, 0.1) is 16.4 Å². The van der Waals surface area contributed by atoms with Crippen molar-refractivity contribution in [2.45, 2.75) is 31.1 Å². The molecule has 7 aromatic rings. The lowest BCUT2D eigenvalue weighted by Crippen LogP contribution is -2.28. The fourth-order valence-electron chi connectivity index (χ4n) is 8.49. The molecule has 1 aromatic heterocycles. The molecule has 6 aromatic carbocycles. The zero-order valence-electron chi connectivity index (χ0n) is 29.0. The minimum Gasteiger partial charge on any atom is -0.460 e. The highest BCUT2D eigenvalue weighted by Gasteiger charge is 2.38. The van der Waals surface area contributed by atoms with E-state index in [0.29, 0.717) is 0 Å². The first-order valence-corrected chi connectivity index (χ1v) is 18.2. The molecular formula is C49H37NO2. The van der Waals surface area contributed by atoms with Gasteiger partial charge in [-0.3, -0.25) is 0 Å². The highest BCUT2D eigenvalue weighted by Crippen LogP contribution is 2.51. The Morgan fingerprint density at radius 3 is 2.31 bits per heavy atom. The van der Waals surface area contributed by atoms with Gasteiger partial charge in [0.1, 0.15) is 23.0 Å². The third-order valence-electron chi connectivity index (χ3n) is 11.1. The molecule has 250 valence electrons. The SMILES string of the molecule is CC12CC=CC=C1OC1=C(CC(c3ccc4c(c3)c3ccccc3n4-c3ccccc3)C=C1)c1c(cccc1-c1ccccc1)Oc1ccccc12. The van der Waals surface area contributed by atoms with Gasteiger partial charge in [-0.2, -0.15) is 0 Å². The molecule has 2 heterocycles. The summed E-state index contributed by atoms with van der Waals surface area (Å²) in [7, 11) is 0. The second-order valence-corrected chi connectivity index (χ2v) is 14.2. The van der Waals surface area contributed by atoms with Crippen LogP contribution in [0.5, 0.6) is 11.5 Å². The van der Waals surface area contributed by atoms with Crippen LogP contribution in [-0.2, 0) is 10.2 Å². The molecule has 0 bridgehead atoms. The van der Waals surface area contributed by atoms with E-state index in [4.69, 9.17) is 9.47 Å². The number of nitrogens with zero attached hydrogens (tertiary/aromatic N) is 1. The molecular weight excluding hydrogens is 635 g/mol. The van der Waals surface area contributed by atoms with Crippen molar-refractivity contribution < 1.29 is 9.47 Å². The second-order valence-electron chi connectivity index (χ2n) is 14.2. The maximum Gasteiger partial charge on any atom is 0.135 e. The fraction of sp³-hybridized carbons (Fsp3) is 0.102. The molecule has 0 N–H and O–H groups in total. The summed E-state index contributed by atoms with van der Waals surface area (Å²) in [6.07, 6.45) is 12.6. The van der Waals surface area contributed by atoms with Crippen LogP contribution in [0, 0.1) is 0 Å². The van der Waals surface area contributed by atoms with E-state index >= 15 is 0 Å². The Bertz CT molecular complexity index is 2640. The Balaban J connectivity index is 1.16. The number of hydrogen-bond acceptors (Lipinski definition) is 2. The Kier molecular flexibility index (Phi) is 7.14. The van der Waals surface area contributed by atoms with Gasteiger partial charge in [-0.1, -0.05) is 121 Å². The van der Waals surface area contributed by atoms with Gasteiger partial charge in [0.15, 0.2) is 0 Å². The van der Waals surface area contributed by atoms with Crippen LogP contribution in [0.15, 0.2) is 187 Å². The molecule has 10 rings (SSSR count). The smallest absolute Gasteiger partial charge is 0.135 e. The van der Waals surface area contributed by atoms with E-state index in [1.807, 2.05) is 0 Å². The zero-order chi connectivity index (χ0) is 34.6. The van der Waals surface area contributed by atoms with Crippen LogP contribution in [0.3, 0.4) is 0 Å². The van der Waals surface area contributed by atoms with Gasteiger partial charge in [0.25, 0.3) is 0 Å². The van der Waals surface area contributed by atoms with Gasteiger partial charge in [-0.05, 0) is 91.1 Å². The fourth-order valence-corrected chi connectivity index (χ4v) is 8.49. The van der Waals surface area contributed by atoms with Crippen LogP contribution in [0.1, 0.15) is 42.4 Å². The van der Waals surface area contributed by atoms with E-state index in [1.54, 1.807) is 0 Å². The molecule has 0 spiro atoms. The molecule has 52 heavy (non-hydrogen) atoms. The largest absolute Gasteiger partial charge is 0.460 e. The van der Waals surface area contributed by atoms with Gasteiger partial charge in [0.2, 0.25) is 0 Å². The van der Waals surface area contributed by atoms with Crippen LogP contribution in [-0.4, -0.2) is 4.57 Å². The molecule has 2 atom stereocenters. The first kappa shape index (κ1) is 30.5. The Hall–Kier alpha value is -6.32. The van der Waals surface area contributed by atoms with Crippen molar-refractivity contribution in [1.29, 1.82) is 0 Å². The normalized spacial score (nSPS) is 19.2. The van der Waals surface area contributed by atoms with Crippen molar-refractivity contribution in [3.05, 3.63) is 204 Å². The van der Waals surface area contributed by atoms with Crippen molar-refractivity contribution in [2.24, 2.45) is 0 Å². The lowest BCUT2D eigenvalue weighted by Gasteiger charge is -2.37. The topological polar surface area (TPSA) is 23.4 Å². The van der Waals surface area contributed by atoms with Gasteiger partial charge in [-0.25, -0.2) is 0 Å². The lowest BCUT2D eigenvalue weighted by molar-refractivity contribution is 0.243. The predicted octanol–water partition coefficient (Wildman–Crippen LogP) is 12.8. The summed E-state index contributed by atoms with van der Waals surface area (Å²) in [5, 5.41) is 2.51. The van der Waals surface area contributed by atoms with Crippen molar-refractivity contribution >= 4 is 27.4 Å². The van der Waals surface area contributed by atoms with Crippen molar-refractivity contribution in [3.8, 4) is 28.3 Å². The van der Waals surface area contributed by atoms with Crippen LogP contribution >= 0.6 is 0 Å². The molecule has 3 heteroatoms. The molecule has 0 fully saturated rings. The zero-order valence-corrected chi connectivity index (χ0v) is 29.0. The van der Waals surface area contributed by atoms with Crippen LogP contribution in [0.4, 0.5) is 0 Å². The summed E-state index contributed by atoms with van der Waals surface area (Å²) in [5.74, 6) is 3.62. The minimum absolute atomic E-state index is 0.129. The molecule has 0 radical (unpaired) electrons. The second kappa shape index (κ2) is 12.2. The monoisotopic (exact) mass is 671 g/mol. The summed E-state index contributed by atoms with van der Waals surface area (Å²) >= 11 is 0. The average Bonchev–Trinajstić information content (AvgIpc) is 3.53.